The maximum atomic E-state index is 14.8. The van der Waals surface area contributed by atoms with Crippen LogP contribution in [0.4, 0.5) is 20.3 Å². The van der Waals surface area contributed by atoms with Gasteiger partial charge in [-0.25, -0.2) is 14.4 Å². The second-order valence-corrected chi connectivity index (χ2v) is 10.3. The molecule has 2 heterocycles. The van der Waals surface area contributed by atoms with Crippen LogP contribution in [-0.4, -0.2) is 85.3 Å². The van der Waals surface area contributed by atoms with Crippen molar-refractivity contribution in [2.45, 2.75) is 13.3 Å². The Labute approximate surface area is 259 Å². The molecule has 1 amide bonds. The molecule has 14 heteroatoms. The largest absolute Gasteiger partial charge is 0.554 e. The average molecular weight is 624 g/mol. The predicted molar refractivity (Wildman–Crippen MR) is 161 cm³/mol. The molecule has 0 saturated heterocycles. The van der Waals surface area contributed by atoms with Gasteiger partial charge >= 0.3 is 0 Å². The maximum absolute atomic E-state index is 14.8. The molecular weight excluding hydrogens is 588 g/mol. The second-order valence-electron chi connectivity index (χ2n) is 10.3. The standard InChI is InChI=1S/C30H33F2N7O3.CH2O2/c1-5-20-18-21(6-7-22(20)30(40)35-12-16-42-17-15-39(2,3)14-10-33)37-28-29-36-19-24(38(29)13-11-34-28)23-8-9-25(41-4)27(32)26(23)31;2-1-3/h6-9,11,13,18-19H,5,12,14-17H2,1-4H3,(H-,34,35,37,40);1H,(H,2,3). The molecule has 0 aliphatic heterocycles. The Morgan fingerprint density at radius 3 is 2.62 bits per heavy atom. The van der Waals surface area contributed by atoms with Crippen molar-refractivity contribution in [3.63, 3.8) is 0 Å². The van der Waals surface area contributed by atoms with Gasteiger partial charge in [-0.1, -0.05) is 6.92 Å². The number of aromatic nitrogens is 3. The number of methoxy groups -OCH3 is 1. The molecule has 0 spiro atoms. The molecule has 2 aromatic carbocycles. The number of rotatable bonds is 13. The minimum absolute atomic E-state index is 0.0361. The zero-order valence-corrected chi connectivity index (χ0v) is 25.5. The van der Waals surface area contributed by atoms with E-state index in [0.717, 1.165) is 5.56 Å². The molecule has 0 unspecified atom stereocenters. The summed E-state index contributed by atoms with van der Waals surface area (Å²) in [7, 11) is 5.21. The zero-order valence-electron chi connectivity index (χ0n) is 25.5. The van der Waals surface area contributed by atoms with Gasteiger partial charge in [-0.2, -0.15) is 9.65 Å². The fraction of sp³-hybridized carbons (Fsp3) is 0.323. The number of hydrogen-bond acceptors (Lipinski definition) is 9. The molecule has 4 aromatic rings. The average Bonchev–Trinajstić information content (AvgIpc) is 3.45. The molecule has 45 heavy (non-hydrogen) atoms. The molecule has 0 atom stereocenters. The van der Waals surface area contributed by atoms with E-state index in [1.165, 1.54) is 31.6 Å². The number of imidazole rings is 1. The van der Waals surface area contributed by atoms with E-state index in [4.69, 9.17) is 24.6 Å². The third-order valence-corrected chi connectivity index (χ3v) is 6.84. The van der Waals surface area contributed by atoms with Gasteiger partial charge in [-0.15, -0.1) is 0 Å². The number of carbonyl (C=O) groups excluding carboxylic acids is 2. The monoisotopic (exact) mass is 623 g/mol. The number of anilines is 2. The molecule has 238 valence electrons. The number of nitriles is 1. The molecule has 4 rings (SSSR count). The number of ether oxygens (including phenoxy) is 2. The first-order valence-electron chi connectivity index (χ1n) is 14.0. The molecule has 0 radical (unpaired) electrons. The number of likely N-dealkylation sites (N-methyl/N-ethyl adjacent to an activating group) is 1. The molecule has 0 saturated carbocycles. The van der Waals surface area contributed by atoms with Crippen LogP contribution in [0.2, 0.25) is 0 Å². The number of carboxylic acid groups (broad SMARTS) is 1. The fourth-order valence-corrected chi connectivity index (χ4v) is 4.43. The Bertz CT molecular complexity index is 1670. The minimum Gasteiger partial charge on any atom is -0.554 e. The molecule has 0 fully saturated rings. The summed E-state index contributed by atoms with van der Waals surface area (Å²) in [6, 6.07) is 10.3. The quantitative estimate of drug-likeness (QED) is 0.0991. The fourth-order valence-electron chi connectivity index (χ4n) is 4.43. The summed E-state index contributed by atoms with van der Waals surface area (Å²) >= 11 is 0. The highest BCUT2D eigenvalue weighted by Crippen LogP contribution is 2.31. The summed E-state index contributed by atoms with van der Waals surface area (Å²) in [5, 5.41) is 23.2. The van der Waals surface area contributed by atoms with Crippen LogP contribution in [-0.2, 0) is 16.0 Å². The van der Waals surface area contributed by atoms with E-state index in [-0.39, 0.29) is 17.2 Å². The SMILES string of the molecule is CCc1cc(Nc2nccn3c(-c4ccc(OC)c(F)c4F)cnc23)ccc1C(=O)NCCOCC[N+](C)(C)CC#N.O=C[O-]. The van der Waals surface area contributed by atoms with Gasteiger partial charge in [0.15, 0.2) is 29.6 Å². The lowest BCUT2D eigenvalue weighted by Crippen LogP contribution is -2.42. The summed E-state index contributed by atoms with van der Waals surface area (Å²) in [6.45, 7) is 3.80. The van der Waals surface area contributed by atoms with Crippen molar-refractivity contribution in [3.8, 4) is 23.1 Å². The number of halogens is 2. The smallest absolute Gasteiger partial charge is 0.251 e. The van der Waals surface area contributed by atoms with Crippen molar-refractivity contribution in [1.82, 2.24) is 19.7 Å². The number of aryl methyl sites for hydroxylation is 1. The highest BCUT2D eigenvalue weighted by Gasteiger charge is 2.20. The van der Waals surface area contributed by atoms with Gasteiger partial charge in [-0.3, -0.25) is 9.20 Å². The predicted octanol–water partition coefficient (Wildman–Crippen LogP) is 2.70. The number of hydrogen-bond donors (Lipinski definition) is 2. The van der Waals surface area contributed by atoms with Crippen LogP contribution < -0.4 is 20.5 Å². The van der Waals surface area contributed by atoms with Crippen molar-refractivity contribution >= 4 is 29.5 Å². The van der Waals surface area contributed by atoms with Crippen LogP contribution in [0.15, 0.2) is 48.9 Å². The van der Waals surface area contributed by atoms with Gasteiger partial charge in [0.05, 0.1) is 46.3 Å². The van der Waals surface area contributed by atoms with Crippen molar-refractivity contribution in [2.24, 2.45) is 0 Å². The van der Waals surface area contributed by atoms with Gasteiger partial charge in [0.1, 0.15) is 12.6 Å². The number of nitrogens with one attached hydrogen (secondary N) is 2. The van der Waals surface area contributed by atoms with Crippen molar-refractivity contribution in [1.29, 1.82) is 5.26 Å². The summed E-state index contributed by atoms with van der Waals surface area (Å²) < 4.78 is 41.8. The van der Waals surface area contributed by atoms with Gasteiger partial charge in [-0.05, 0) is 42.3 Å². The number of quaternary nitrogens is 1. The van der Waals surface area contributed by atoms with Crippen LogP contribution in [0.25, 0.3) is 16.9 Å². The van der Waals surface area contributed by atoms with E-state index >= 15 is 0 Å². The van der Waals surface area contributed by atoms with Gasteiger partial charge in [0.2, 0.25) is 5.82 Å². The Kier molecular flexibility index (Phi) is 12.3. The van der Waals surface area contributed by atoms with E-state index < -0.39 is 18.1 Å². The number of nitrogens with zero attached hydrogens (tertiary/aromatic N) is 5. The summed E-state index contributed by atoms with van der Waals surface area (Å²) in [6.07, 6.45) is 5.22. The van der Waals surface area contributed by atoms with E-state index in [0.29, 0.717) is 72.2 Å². The third-order valence-electron chi connectivity index (χ3n) is 6.84. The van der Waals surface area contributed by atoms with Crippen molar-refractivity contribution in [2.75, 3.05) is 59.4 Å². The van der Waals surface area contributed by atoms with Crippen LogP contribution in [0.3, 0.4) is 0 Å². The van der Waals surface area contributed by atoms with Gasteiger partial charge in [0.25, 0.3) is 5.91 Å². The van der Waals surface area contributed by atoms with Crippen LogP contribution >= 0.6 is 0 Å². The van der Waals surface area contributed by atoms with Gasteiger partial charge in [0, 0.05) is 42.2 Å². The number of benzene rings is 2. The first-order valence-corrected chi connectivity index (χ1v) is 14.0. The Hall–Kier alpha value is -5.13. The van der Waals surface area contributed by atoms with E-state index in [2.05, 4.69) is 26.7 Å². The number of amides is 1. The first kappa shape index (κ1) is 34.4. The molecule has 0 aliphatic rings. The third kappa shape index (κ3) is 8.71. The van der Waals surface area contributed by atoms with Crippen molar-refractivity contribution < 1.29 is 37.4 Å². The normalized spacial score (nSPS) is 10.9. The second kappa shape index (κ2) is 16.1. The lowest BCUT2D eigenvalue weighted by atomic mass is 10.0. The molecule has 0 aliphatic carbocycles. The first-order chi connectivity index (χ1) is 21.6. The van der Waals surface area contributed by atoms with E-state index in [9.17, 15) is 13.6 Å². The van der Waals surface area contributed by atoms with E-state index in [1.807, 2.05) is 27.1 Å². The van der Waals surface area contributed by atoms with Gasteiger partial charge < -0.3 is 34.5 Å². The molecular formula is C31H35F2N7O5. The molecule has 0 bridgehead atoms. The maximum Gasteiger partial charge on any atom is 0.251 e. The van der Waals surface area contributed by atoms with Crippen LogP contribution in [0.1, 0.15) is 22.8 Å². The minimum atomic E-state index is -1.07. The number of carbonyl (C=O) groups is 2. The zero-order chi connectivity index (χ0) is 33.0. The van der Waals surface area contributed by atoms with Crippen LogP contribution in [0.5, 0.6) is 5.75 Å². The Balaban J connectivity index is 0.00000177. The highest BCUT2D eigenvalue weighted by molar-refractivity contribution is 5.96. The van der Waals surface area contributed by atoms with Crippen LogP contribution in [0, 0.1) is 23.0 Å². The summed E-state index contributed by atoms with van der Waals surface area (Å²) in [5.41, 5.74) is 2.88. The highest BCUT2D eigenvalue weighted by atomic mass is 19.2. The Morgan fingerprint density at radius 2 is 1.93 bits per heavy atom. The summed E-state index contributed by atoms with van der Waals surface area (Å²) in [5.74, 6) is -2.08. The summed E-state index contributed by atoms with van der Waals surface area (Å²) in [4.78, 5) is 29.9. The molecule has 12 nitrogen and oxygen atoms in total. The lowest BCUT2D eigenvalue weighted by molar-refractivity contribution is -0.883. The number of fused-ring (bicyclic) bond motifs is 1. The van der Waals surface area contributed by atoms with E-state index in [1.54, 1.807) is 22.7 Å². The Morgan fingerprint density at radius 1 is 1.18 bits per heavy atom. The molecule has 2 N–H and O–H groups in total. The molecule has 2 aromatic heterocycles. The topological polar surface area (TPSA) is 154 Å². The van der Waals surface area contributed by atoms with Crippen molar-refractivity contribution in [3.05, 3.63) is 71.7 Å². The lowest BCUT2D eigenvalue weighted by Gasteiger charge is -2.26.